The number of hydrogen-bond donors (Lipinski definition) is 1. The smallest absolute Gasteiger partial charge is 0.237 e. The Balaban J connectivity index is 1.71. The molecule has 3 aromatic rings. The minimum Gasteiger partial charge on any atom is -0.457 e. The third-order valence-corrected chi connectivity index (χ3v) is 5.06. The Hall–Kier alpha value is -3.21. The number of ether oxygens (including phenoxy) is 2. The largest absolute Gasteiger partial charge is 0.457 e. The molecule has 1 aromatic heterocycles. The lowest BCUT2D eigenvalue weighted by Crippen LogP contribution is -2.38. The van der Waals surface area contributed by atoms with Crippen molar-refractivity contribution < 1.29 is 9.47 Å². The molecule has 0 saturated carbocycles. The highest BCUT2D eigenvalue weighted by Gasteiger charge is 2.48. The summed E-state index contributed by atoms with van der Waals surface area (Å²) in [7, 11) is 0. The van der Waals surface area contributed by atoms with Crippen LogP contribution in [0, 0.1) is 20.8 Å². The molecular formula is C22H21N3O2. The molecule has 2 aliphatic rings. The van der Waals surface area contributed by atoms with Gasteiger partial charge < -0.3 is 14.8 Å². The first-order chi connectivity index (χ1) is 13.0. The average Bonchev–Trinajstić information content (AvgIpc) is 3.14. The van der Waals surface area contributed by atoms with Crippen LogP contribution in [0.4, 0.5) is 5.69 Å². The monoisotopic (exact) mass is 359 g/mol. The van der Waals surface area contributed by atoms with Gasteiger partial charge in [0.25, 0.3) is 0 Å². The summed E-state index contributed by atoms with van der Waals surface area (Å²) in [5, 5.41) is 8.35. The molecule has 5 rings (SSSR count). The Morgan fingerprint density at radius 3 is 2.59 bits per heavy atom. The maximum absolute atomic E-state index is 6.53. The van der Waals surface area contributed by atoms with E-state index in [1.807, 2.05) is 54.9 Å². The molecule has 1 N–H and O–H groups in total. The van der Waals surface area contributed by atoms with Crippen LogP contribution in [0.25, 0.3) is 5.69 Å². The van der Waals surface area contributed by atoms with Crippen molar-refractivity contribution in [1.82, 2.24) is 9.78 Å². The standard InChI is InChI=1S/C22H21N3O2/c1-13-10-14(2)20-18(11-13)23-22(27-20)12-15(3)26-21-19(22)16(4)24-25(21)17-8-6-5-7-9-17/h5-12,23H,1-4H3. The minimum absolute atomic E-state index is 0.688. The highest BCUT2D eigenvalue weighted by atomic mass is 16.5. The van der Waals surface area contributed by atoms with E-state index in [0.29, 0.717) is 5.88 Å². The van der Waals surface area contributed by atoms with E-state index < -0.39 is 5.72 Å². The van der Waals surface area contributed by atoms with Gasteiger partial charge >= 0.3 is 0 Å². The van der Waals surface area contributed by atoms with Crippen LogP contribution in [-0.2, 0) is 5.72 Å². The zero-order valence-electron chi connectivity index (χ0n) is 15.8. The van der Waals surface area contributed by atoms with Crippen LogP contribution in [0.5, 0.6) is 11.6 Å². The summed E-state index contributed by atoms with van der Waals surface area (Å²) in [4.78, 5) is 0. The van der Waals surface area contributed by atoms with Crippen molar-refractivity contribution in [2.75, 3.05) is 5.32 Å². The van der Waals surface area contributed by atoms with Gasteiger partial charge in [-0.1, -0.05) is 24.3 Å². The molecule has 5 nitrogen and oxygen atoms in total. The van der Waals surface area contributed by atoms with Crippen LogP contribution >= 0.6 is 0 Å². The highest BCUT2D eigenvalue weighted by molar-refractivity contribution is 5.69. The molecule has 136 valence electrons. The van der Waals surface area contributed by atoms with E-state index in [4.69, 9.17) is 14.6 Å². The quantitative estimate of drug-likeness (QED) is 0.681. The maximum atomic E-state index is 6.53. The summed E-state index contributed by atoms with van der Waals surface area (Å²) in [6, 6.07) is 14.3. The summed E-state index contributed by atoms with van der Waals surface area (Å²) in [5.74, 6) is 2.34. The maximum Gasteiger partial charge on any atom is 0.237 e. The topological polar surface area (TPSA) is 48.3 Å². The molecule has 1 spiro atoms. The fourth-order valence-electron chi connectivity index (χ4n) is 4.06. The Labute approximate surface area is 158 Å². The number of benzene rings is 2. The van der Waals surface area contributed by atoms with E-state index in [-0.39, 0.29) is 0 Å². The fourth-order valence-corrected chi connectivity index (χ4v) is 4.06. The fraction of sp³-hybridized carbons (Fsp3) is 0.227. The molecule has 0 amide bonds. The number of hydrogen-bond acceptors (Lipinski definition) is 4. The van der Waals surface area contributed by atoms with E-state index in [1.54, 1.807) is 0 Å². The van der Waals surface area contributed by atoms with Crippen molar-refractivity contribution >= 4 is 5.69 Å². The number of nitrogens with zero attached hydrogens (tertiary/aromatic N) is 2. The van der Waals surface area contributed by atoms with Crippen molar-refractivity contribution in [2.24, 2.45) is 0 Å². The SMILES string of the molecule is CC1=CC2(Nc3cc(C)cc(C)c3O2)c2c(C)nn(-c3ccccc3)c2O1. The number of allylic oxidation sites excluding steroid dienone is 1. The zero-order chi connectivity index (χ0) is 18.8. The second-order valence-corrected chi connectivity index (χ2v) is 7.29. The summed E-state index contributed by atoms with van der Waals surface area (Å²) < 4.78 is 14.5. The molecular weight excluding hydrogens is 338 g/mol. The summed E-state index contributed by atoms with van der Waals surface area (Å²) in [6.45, 7) is 8.09. The lowest BCUT2D eigenvalue weighted by atomic mass is 10.00. The van der Waals surface area contributed by atoms with Crippen molar-refractivity contribution in [3.8, 4) is 17.3 Å². The van der Waals surface area contributed by atoms with Crippen LogP contribution in [0.2, 0.25) is 0 Å². The van der Waals surface area contributed by atoms with Gasteiger partial charge in [-0.25, -0.2) is 4.68 Å². The molecule has 0 aliphatic carbocycles. The van der Waals surface area contributed by atoms with Crippen molar-refractivity contribution in [3.63, 3.8) is 0 Å². The van der Waals surface area contributed by atoms with Crippen LogP contribution < -0.4 is 14.8 Å². The zero-order valence-corrected chi connectivity index (χ0v) is 15.8. The van der Waals surface area contributed by atoms with Gasteiger partial charge in [-0.05, 0) is 57.0 Å². The Kier molecular flexibility index (Phi) is 3.20. The first-order valence-corrected chi connectivity index (χ1v) is 9.08. The predicted octanol–water partition coefficient (Wildman–Crippen LogP) is 4.75. The van der Waals surface area contributed by atoms with Gasteiger partial charge in [-0.2, -0.15) is 5.10 Å². The van der Waals surface area contributed by atoms with Crippen LogP contribution in [0.3, 0.4) is 0 Å². The Morgan fingerprint density at radius 2 is 1.81 bits per heavy atom. The average molecular weight is 359 g/mol. The summed E-state index contributed by atoms with van der Waals surface area (Å²) >= 11 is 0. The normalized spacial score (nSPS) is 19.6. The second kappa shape index (κ2) is 5.39. The minimum atomic E-state index is -0.810. The lowest BCUT2D eigenvalue weighted by Gasteiger charge is -2.31. The van der Waals surface area contributed by atoms with Gasteiger partial charge in [0.1, 0.15) is 17.1 Å². The van der Waals surface area contributed by atoms with Gasteiger partial charge in [0.2, 0.25) is 11.6 Å². The van der Waals surface area contributed by atoms with Crippen molar-refractivity contribution in [3.05, 3.63) is 76.7 Å². The van der Waals surface area contributed by atoms with Gasteiger partial charge in [-0.15, -0.1) is 0 Å². The van der Waals surface area contributed by atoms with E-state index in [1.165, 1.54) is 5.56 Å². The van der Waals surface area contributed by atoms with Crippen molar-refractivity contribution in [2.45, 2.75) is 33.4 Å². The third kappa shape index (κ3) is 2.28. The summed E-state index contributed by atoms with van der Waals surface area (Å²) in [5.41, 5.74) is 5.23. The number of rotatable bonds is 1. The second-order valence-electron chi connectivity index (χ2n) is 7.29. The molecule has 0 fully saturated rings. The predicted molar refractivity (Wildman–Crippen MR) is 105 cm³/mol. The molecule has 2 aromatic carbocycles. The van der Waals surface area contributed by atoms with Gasteiger partial charge in [0.15, 0.2) is 0 Å². The highest BCUT2D eigenvalue weighted by Crippen LogP contribution is 2.50. The van der Waals surface area contributed by atoms with Crippen LogP contribution in [0.1, 0.15) is 29.3 Å². The molecule has 1 unspecified atom stereocenters. The molecule has 0 bridgehead atoms. The van der Waals surface area contributed by atoms with E-state index in [9.17, 15) is 0 Å². The van der Waals surface area contributed by atoms with Crippen LogP contribution in [-0.4, -0.2) is 9.78 Å². The first-order valence-electron chi connectivity index (χ1n) is 9.08. The molecule has 0 radical (unpaired) electrons. The number of nitrogens with one attached hydrogen (secondary N) is 1. The summed E-state index contributed by atoms with van der Waals surface area (Å²) in [6.07, 6.45) is 1.99. The van der Waals surface area contributed by atoms with Gasteiger partial charge in [0, 0.05) is 6.08 Å². The van der Waals surface area contributed by atoms with E-state index in [2.05, 4.69) is 31.3 Å². The molecule has 27 heavy (non-hydrogen) atoms. The van der Waals surface area contributed by atoms with Gasteiger partial charge in [0.05, 0.1) is 17.1 Å². The number of aromatic nitrogens is 2. The molecule has 3 heterocycles. The molecule has 0 saturated heterocycles. The Morgan fingerprint density at radius 1 is 1.04 bits per heavy atom. The van der Waals surface area contributed by atoms with E-state index >= 15 is 0 Å². The number of anilines is 1. The van der Waals surface area contributed by atoms with Crippen LogP contribution in [0.15, 0.2) is 54.3 Å². The third-order valence-electron chi connectivity index (χ3n) is 5.06. The number of aryl methyl sites for hydroxylation is 3. The van der Waals surface area contributed by atoms with E-state index in [0.717, 1.165) is 39.7 Å². The number of fused-ring (bicyclic) bond motifs is 3. The van der Waals surface area contributed by atoms with Gasteiger partial charge in [-0.3, -0.25) is 0 Å². The Bertz CT molecular complexity index is 1100. The molecule has 5 heteroatoms. The molecule has 2 aliphatic heterocycles. The lowest BCUT2D eigenvalue weighted by molar-refractivity contribution is 0.152. The number of para-hydroxylation sites is 1. The molecule has 1 atom stereocenters. The van der Waals surface area contributed by atoms with Crippen molar-refractivity contribution in [1.29, 1.82) is 0 Å². The first kappa shape index (κ1) is 16.0.